The molecule has 0 spiro atoms. The molecular weight excluding hydrogens is 466 g/mol. The van der Waals surface area contributed by atoms with E-state index in [1.807, 2.05) is 36.4 Å². The number of hydrogen-bond acceptors (Lipinski definition) is 5. The molecule has 0 bridgehead atoms. The zero-order valence-electron chi connectivity index (χ0n) is 19.2. The molecule has 0 aliphatic carbocycles. The minimum atomic E-state index is -0.192. The molecule has 7 heteroatoms. The molecule has 5 rings (SSSR count). The van der Waals surface area contributed by atoms with E-state index >= 15 is 0 Å². The van der Waals surface area contributed by atoms with E-state index in [-0.39, 0.29) is 11.5 Å². The van der Waals surface area contributed by atoms with Crippen LogP contribution in [0.4, 0.5) is 0 Å². The number of nitrogens with zero attached hydrogens (tertiary/aromatic N) is 3. The van der Waals surface area contributed by atoms with Crippen molar-refractivity contribution < 1.29 is 4.42 Å². The van der Waals surface area contributed by atoms with E-state index in [1.54, 1.807) is 6.08 Å². The van der Waals surface area contributed by atoms with Crippen LogP contribution in [0.25, 0.3) is 22.4 Å². The summed E-state index contributed by atoms with van der Waals surface area (Å²) in [4.78, 5) is 18.2. The average molecular weight is 490 g/mol. The largest absolute Gasteiger partial charge is 0.457 e. The number of rotatable bonds is 6. The lowest BCUT2D eigenvalue weighted by molar-refractivity contribution is 0.571. The van der Waals surface area contributed by atoms with Crippen molar-refractivity contribution >= 4 is 34.0 Å². The molecule has 0 radical (unpaired) electrons. The smallest absolute Gasteiger partial charge is 0.291 e. The van der Waals surface area contributed by atoms with Gasteiger partial charge in [-0.3, -0.25) is 4.79 Å². The standard InChI is InChI=1S/C27H24ClN3O2S/c1-16(2)14-18-4-6-19(7-5-18)17(3)25-29-27-31(30-25)26(32)24(34-27)15-22-12-13-23(33-22)20-8-10-21(28)11-9-20/h4-13,15-17H,14H2,1-3H3/b24-15+. The zero-order valence-corrected chi connectivity index (χ0v) is 20.7. The van der Waals surface area contributed by atoms with E-state index < -0.39 is 0 Å². The normalized spacial score (nSPS) is 13.3. The number of furan rings is 1. The molecule has 34 heavy (non-hydrogen) atoms. The van der Waals surface area contributed by atoms with Crippen molar-refractivity contribution in [3.63, 3.8) is 0 Å². The SMILES string of the molecule is CC(C)Cc1ccc(C(C)c2nc3s/c(=C/c4ccc(-c5ccc(Cl)cc5)o4)c(=O)n3n2)cc1. The highest BCUT2D eigenvalue weighted by Crippen LogP contribution is 2.25. The van der Waals surface area contributed by atoms with Crippen LogP contribution >= 0.6 is 22.9 Å². The van der Waals surface area contributed by atoms with Crippen molar-refractivity contribution in [2.75, 3.05) is 0 Å². The third-order valence-corrected chi connectivity index (χ3v) is 6.95. The van der Waals surface area contributed by atoms with Crippen molar-refractivity contribution in [1.82, 2.24) is 14.6 Å². The molecule has 1 unspecified atom stereocenters. The molecule has 0 aliphatic rings. The van der Waals surface area contributed by atoms with E-state index in [0.29, 0.717) is 37.8 Å². The van der Waals surface area contributed by atoms with Crippen LogP contribution in [0.3, 0.4) is 0 Å². The van der Waals surface area contributed by atoms with E-state index in [4.69, 9.17) is 16.0 Å². The Morgan fingerprint density at radius 2 is 1.76 bits per heavy atom. The van der Waals surface area contributed by atoms with Crippen LogP contribution in [0.1, 0.15) is 49.4 Å². The lowest BCUT2D eigenvalue weighted by Gasteiger charge is -2.10. The van der Waals surface area contributed by atoms with E-state index in [0.717, 1.165) is 17.5 Å². The molecule has 0 saturated heterocycles. The summed E-state index contributed by atoms with van der Waals surface area (Å²) in [6, 6.07) is 19.7. The van der Waals surface area contributed by atoms with Gasteiger partial charge in [-0.25, -0.2) is 4.98 Å². The Hall–Kier alpha value is -3.22. The van der Waals surface area contributed by atoms with Crippen molar-refractivity contribution in [2.24, 2.45) is 5.92 Å². The lowest BCUT2D eigenvalue weighted by Crippen LogP contribution is -2.23. The Bertz CT molecular complexity index is 1550. The molecule has 172 valence electrons. The fraction of sp³-hybridized carbons (Fsp3) is 0.222. The second kappa shape index (κ2) is 9.20. The maximum absolute atomic E-state index is 13.0. The maximum atomic E-state index is 13.0. The summed E-state index contributed by atoms with van der Waals surface area (Å²) in [6.45, 7) is 6.50. The maximum Gasteiger partial charge on any atom is 0.291 e. The molecule has 0 fully saturated rings. The molecule has 0 aliphatic heterocycles. The molecule has 5 aromatic rings. The second-order valence-corrected chi connectivity index (χ2v) is 10.3. The minimum Gasteiger partial charge on any atom is -0.457 e. The van der Waals surface area contributed by atoms with Crippen molar-refractivity contribution in [2.45, 2.75) is 33.1 Å². The van der Waals surface area contributed by atoms with Crippen LogP contribution in [0, 0.1) is 5.92 Å². The summed E-state index contributed by atoms with van der Waals surface area (Å²) in [5, 5.41) is 5.19. The van der Waals surface area contributed by atoms with Crippen molar-refractivity contribution in [3.05, 3.63) is 103 Å². The topological polar surface area (TPSA) is 60.4 Å². The third kappa shape index (κ3) is 4.56. The predicted octanol–water partition coefficient (Wildman–Crippen LogP) is 5.96. The first-order chi connectivity index (χ1) is 16.4. The zero-order chi connectivity index (χ0) is 23.8. The first kappa shape index (κ1) is 22.6. The highest BCUT2D eigenvalue weighted by atomic mass is 35.5. The van der Waals surface area contributed by atoms with Gasteiger partial charge in [-0.1, -0.05) is 68.0 Å². The van der Waals surface area contributed by atoms with Gasteiger partial charge in [0.1, 0.15) is 16.1 Å². The summed E-state index contributed by atoms with van der Waals surface area (Å²) in [5.41, 5.74) is 3.19. The predicted molar refractivity (Wildman–Crippen MR) is 138 cm³/mol. The number of aromatic nitrogens is 3. The Labute approximate surface area is 206 Å². The molecule has 0 amide bonds. The first-order valence-electron chi connectivity index (χ1n) is 11.2. The van der Waals surface area contributed by atoms with Crippen LogP contribution < -0.4 is 10.1 Å². The van der Waals surface area contributed by atoms with E-state index in [9.17, 15) is 4.79 Å². The number of fused-ring (bicyclic) bond motifs is 1. The van der Waals surface area contributed by atoms with Gasteiger partial charge in [-0.05, 0) is 59.9 Å². The van der Waals surface area contributed by atoms with Gasteiger partial charge in [0.05, 0.1) is 0 Å². The lowest BCUT2D eigenvalue weighted by atomic mass is 9.96. The van der Waals surface area contributed by atoms with Gasteiger partial charge in [0, 0.05) is 22.6 Å². The summed E-state index contributed by atoms with van der Waals surface area (Å²) >= 11 is 7.27. The number of halogens is 1. The highest BCUT2D eigenvalue weighted by molar-refractivity contribution is 7.15. The molecule has 3 heterocycles. The minimum absolute atomic E-state index is 0.000891. The van der Waals surface area contributed by atoms with E-state index in [1.165, 1.54) is 21.4 Å². The van der Waals surface area contributed by atoms with Gasteiger partial charge in [-0.2, -0.15) is 4.52 Å². The van der Waals surface area contributed by atoms with Gasteiger partial charge >= 0.3 is 0 Å². The number of benzene rings is 2. The van der Waals surface area contributed by atoms with Gasteiger partial charge in [-0.15, -0.1) is 5.10 Å². The molecule has 0 N–H and O–H groups in total. The Balaban J connectivity index is 1.40. The van der Waals surface area contributed by atoms with Crippen LogP contribution in [0.2, 0.25) is 5.02 Å². The summed E-state index contributed by atoms with van der Waals surface area (Å²) in [7, 11) is 0. The number of thiazole rings is 1. The van der Waals surface area contributed by atoms with Crippen molar-refractivity contribution in [1.29, 1.82) is 0 Å². The number of hydrogen-bond donors (Lipinski definition) is 0. The highest BCUT2D eigenvalue weighted by Gasteiger charge is 2.17. The van der Waals surface area contributed by atoms with Crippen LogP contribution in [-0.4, -0.2) is 14.6 Å². The molecule has 3 aromatic heterocycles. The Morgan fingerprint density at radius 3 is 2.44 bits per heavy atom. The van der Waals surface area contributed by atoms with E-state index in [2.05, 4.69) is 55.1 Å². The molecule has 1 atom stereocenters. The molecular formula is C27H24ClN3O2S. The fourth-order valence-electron chi connectivity index (χ4n) is 3.92. The molecule has 2 aromatic carbocycles. The second-order valence-electron chi connectivity index (χ2n) is 8.85. The summed E-state index contributed by atoms with van der Waals surface area (Å²) in [5.74, 6) is 2.58. The first-order valence-corrected chi connectivity index (χ1v) is 12.4. The fourth-order valence-corrected chi connectivity index (χ4v) is 4.94. The van der Waals surface area contributed by atoms with Crippen LogP contribution in [-0.2, 0) is 6.42 Å². The van der Waals surface area contributed by atoms with Gasteiger partial charge in [0.15, 0.2) is 5.82 Å². The van der Waals surface area contributed by atoms with Gasteiger partial charge in [0.2, 0.25) is 4.96 Å². The monoisotopic (exact) mass is 489 g/mol. The Kier molecular flexibility index (Phi) is 6.11. The Morgan fingerprint density at radius 1 is 1.03 bits per heavy atom. The summed E-state index contributed by atoms with van der Waals surface area (Å²) in [6.07, 6.45) is 2.79. The quantitative estimate of drug-likeness (QED) is 0.295. The molecule has 5 nitrogen and oxygen atoms in total. The van der Waals surface area contributed by atoms with Crippen molar-refractivity contribution in [3.8, 4) is 11.3 Å². The molecule has 0 saturated carbocycles. The van der Waals surface area contributed by atoms with Gasteiger partial charge < -0.3 is 4.42 Å². The van der Waals surface area contributed by atoms with Crippen LogP contribution in [0.5, 0.6) is 0 Å². The van der Waals surface area contributed by atoms with Crippen LogP contribution in [0.15, 0.2) is 69.9 Å². The van der Waals surface area contributed by atoms with Gasteiger partial charge in [0.25, 0.3) is 5.56 Å². The third-order valence-electron chi connectivity index (χ3n) is 5.74. The average Bonchev–Trinajstić information content (AvgIpc) is 3.52. The summed E-state index contributed by atoms with van der Waals surface area (Å²) < 4.78 is 7.83.